The summed E-state index contributed by atoms with van der Waals surface area (Å²) in [6.45, 7) is 0. The lowest BCUT2D eigenvalue weighted by atomic mass is 10.0. The van der Waals surface area contributed by atoms with Crippen molar-refractivity contribution < 1.29 is 8.60 Å². The topological polar surface area (TPSA) is 47.8 Å². The molecule has 4 rings (SSSR count). The van der Waals surface area contributed by atoms with E-state index in [0.717, 1.165) is 18.4 Å². The predicted octanol–water partition coefficient (Wildman–Crippen LogP) is 2.80. The molecule has 2 unspecified atom stereocenters. The van der Waals surface area contributed by atoms with E-state index in [9.17, 15) is 8.60 Å². The largest absolute Gasteiger partial charge is 0.251 e. The average molecular weight is 305 g/mol. The lowest BCUT2D eigenvalue weighted by molar-refractivity contribution is 0.327. The molecule has 1 fully saturated rings. The van der Waals surface area contributed by atoms with Crippen LogP contribution in [0.1, 0.15) is 42.9 Å². The van der Waals surface area contributed by atoms with Gasteiger partial charge in [0.25, 0.3) is 0 Å². The fourth-order valence-corrected chi connectivity index (χ4v) is 4.07. The molecule has 21 heavy (non-hydrogen) atoms. The lowest BCUT2D eigenvalue weighted by Crippen LogP contribution is -2.09. The average Bonchev–Trinajstić information content (AvgIpc) is 3.11. The Morgan fingerprint density at radius 1 is 1.29 bits per heavy atom. The van der Waals surface area contributed by atoms with Crippen LogP contribution in [-0.2, 0) is 10.8 Å². The second kappa shape index (κ2) is 5.02. The first-order valence-corrected chi connectivity index (χ1v) is 8.58. The third kappa shape index (κ3) is 2.41. The summed E-state index contributed by atoms with van der Waals surface area (Å²) < 4.78 is 28.0. The fraction of sp³-hybridized carbons (Fsp3) is 0.467. The number of alkyl halides is 1. The van der Waals surface area contributed by atoms with Crippen molar-refractivity contribution >= 4 is 10.8 Å². The van der Waals surface area contributed by atoms with Crippen LogP contribution < -0.4 is 0 Å². The van der Waals surface area contributed by atoms with Crippen molar-refractivity contribution in [2.45, 2.75) is 36.6 Å². The van der Waals surface area contributed by atoms with E-state index in [1.54, 1.807) is 4.68 Å². The highest BCUT2D eigenvalue weighted by atomic mass is 32.2. The zero-order valence-electron chi connectivity index (χ0n) is 11.5. The van der Waals surface area contributed by atoms with Crippen LogP contribution in [0.4, 0.5) is 4.39 Å². The molecule has 0 radical (unpaired) electrons. The maximum atomic E-state index is 14.2. The van der Waals surface area contributed by atoms with E-state index in [4.69, 9.17) is 0 Å². The predicted molar refractivity (Wildman–Crippen MR) is 77.1 cm³/mol. The Hall–Kier alpha value is -1.56. The molecule has 110 valence electrons. The van der Waals surface area contributed by atoms with Gasteiger partial charge in [-0.05, 0) is 24.3 Å². The molecule has 2 heterocycles. The number of aromatic nitrogens is 3. The fourth-order valence-electron chi connectivity index (χ4n) is 2.78. The van der Waals surface area contributed by atoms with E-state index in [1.165, 1.54) is 0 Å². The minimum atomic E-state index is -1.20. The molecule has 0 amide bonds. The Balaban J connectivity index is 1.65. The van der Waals surface area contributed by atoms with Gasteiger partial charge in [0.2, 0.25) is 5.16 Å². The Morgan fingerprint density at radius 2 is 2.05 bits per heavy atom. The summed E-state index contributed by atoms with van der Waals surface area (Å²) in [6.07, 6.45) is 1.50. The van der Waals surface area contributed by atoms with E-state index < -0.39 is 17.0 Å². The second-order valence-electron chi connectivity index (χ2n) is 5.78. The molecule has 4 nitrogen and oxygen atoms in total. The Bertz CT molecular complexity index is 683. The zero-order chi connectivity index (χ0) is 14.4. The third-order valence-electron chi connectivity index (χ3n) is 4.12. The molecular weight excluding hydrogens is 289 g/mol. The smallest absolute Gasteiger partial charge is 0.239 e. The Morgan fingerprint density at radius 3 is 2.76 bits per heavy atom. The third-order valence-corrected chi connectivity index (χ3v) is 5.47. The molecule has 0 N–H and O–H groups in total. The van der Waals surface area contributed by atoms with E-state index in [1.807, 2.05) is 30.3 Å². The molecule has 2 aromatic rings. The standard InChI is InChI=1S/C15H16FN3OS/c16-12-8-13(11-4-2-1-3-5-11)19-14(12)17-15(18-19)21(20)9-10-6-7-10/h1-5,10,12-13H,6-9H2/t12?,13?,21-/m1/s1. The summed E-state index contributed by atoms with van der Waals surface area (Å²) >= 11 is 0. The molecule has 2 aliphatic rings. The van der Waals surface area contributed by atoms with Crippen LogP contribution in [0.15, 0.2) is 35.5 Å². The lowest BCUT2D eigenvalue weighted by Gasteiger charge is -2.11. The number of nitrogens with zero attached hydrogens (tertiary/aromatic N) is 3. The Kier molecular flexibility index (Phi) is 3.14. The van der Waals surface area contributed by atoms with Crippen molar-refractivity contribution in [2.24, 2.45) is 5.92 Å². The van der Waals surface area contributed by atoms with Gasteiger partial charge in [0.1, 0.15) is 0 Å². The number of fused-ring (bicyclic) bond motifs is 1. The zero-order valence-corrected chi connectivity index (χ0v) is 12.3. The first-order valence-electron chi connectivity index (χ1n) is 7.26. The van der Waals surface area contributed by atoms with Crippen molar-refractivity contribution in [1.82, 2.24) is 14.8 Å². The highest BCUT2D eigenvalue weighted by molar-refractivity contribution is 7.84. The summed E-state index contributed by atoms with van der Waals surface area (Å²) in [5, 5.41) is 4.64. The van der Waals surface area contributed by atoms with Crippen LogP contribution in [0.5, 0.6) is 0 Å². The number of hydrogen-bond donors (Lipinski definition) is 0. The van der Waals surface area contributed by atoms with Gasteiger partial charge >= 0.3 is 0 Å². The highest BCUT2D eigenvalue weighted by Gasteiger charge is 2.36. The van der Waals surface area contributed by atoms with E-state index in [2.05, 4.69) is 10.1 Å². The summed E-state index contributed by atoms with van der Waals surface area (Å²) in [4.78, 5) is 4.20. The molecule has 1 aromatic heterocycles. The van der Waals surface area contributed by atoms with E-state index in [-0.39, 0.29) is 6.04 Å². The van der Waals surface area contributed by atoms with Gasteiger partial charge in [0.15, 0.2) is 12.0 Å². The molecule has 0 bridgehead atoms. The van der Waals surface area contributed by atoms with Gasteiger partial charge in [-0.2, -0.15) is 0 Å². The van der Waals surface area contributed by atoms with E-state index in [0.29, 0.717) is 29.1 Å². The van der Waals surface area contributed by atoms with Gasteiger partial charge in [-0.1, -0.05) is 30.3 Å². The Labute approximate surface area is 124 Å². The van der Waals surface area contributed by atoms with E-state index >= 15 is 0 Å². The van der Waals surface area contributed by atoms with Crippen LogP contribution in [0, 0.1) is 5.92 Å². The van der Waals surface area contributed by atoms with Crippen LogP contribution in [0.2, 0.25) is 0 Å². The number of benzene rings is 1. The maximum absolute atomic E-state index is 14.2. The van der Waals surface area contributed by atoms with Gasteiger partial charge in [-0.3, -0.25) is 4.21 Å². The molecular formula is C15H16FN3OS. The summed E-state index contributed by atoms with van der Waals surface area (Å²) in [6, 6.07) is 9.59. The monoisotopic (exact) mass is 305 g/mol. The minimum absolute atomic E-state index is 0.143. The van der Waals surface area contributed by atoms with Gasteiger partial charge < -0.3 is 0 Å². The van der Waals surface area contributed by atoms with Gasteiger partial charge in [0.05, 0.1) is 16.8 Å². The molecule has 0 saturated heterocycles. The quantitative estimate of drug-likeness (QED) is 0.872. The van der Waals surface area contributed by atoms with Crippen molar-refractivity contribution in [1.29, 1.82) is 0 Å². The maximum Gasteiger partial charge on any atom is 0.239 e. The van der Waals surface area contributed by atoms with Crippen molar-refractivity contribution in [2.75, 3.05) is 5.75 Å². The molecule has 3 atom stereocenters. The van der Waals surface area contributed by atoms with Crippen LogP contribution >= 0.6 is 0 Å². The van der Waals surface area contributed by atoms with Crippen molar-refractivity contribution in [3.8, 4) is 0 Å². The van der Waals surface area contributed by atoms with Gasteiger partial charge in [0, 0.05) is 12.2 Å². The van der Waals surface area contributed by atoms with Gasteiger partial charge in [-0.25, -0.2) is 14.1 Å². The van der Waals surface area contributed by atoms with Crippen molar-refractivity contribution in [3.05, 3.63) is 41.7 Å². The number of hydrogen-bond acceptors (Lipinski definition) is 3. The summed E-state index contributed by atoms with van der Waals surface area (Å²) in [7, 11) is -1.20. The molecule has 0 spiro atoms. The van der Waals surface area contributed by atoms with Crippen LogP contribution in [-0.4, -0.2) is 24.7 Å². The molecule has 1 saturated carbocycles. The number of halogens is 1. The first-order chi connectivity index (χ1) is 10.2. The first kappa shape index (κ1) is 13.1. The summed E-state index contributed by atoms with van der Waals surface area (Å²) in [5.74, 6) is 1.47. The SMILES string of the molecule is O=[S@](CC1CC1)c1nc2n(n1)C(c1ccccc1)CC2F. The second-order valence-corrected chi connectivity index (χ2v) is 7.17. The normalized spacial score (nSPS) is 25.8. The van der Waals surface area contributed by atoms with Crippen LogP contribution in [0.3, 0.4) is 0 Å². The minimum Gasteiger partial charge on any atom is -0.251 e. The van der Waals surface area contributed by atoms with Crippen LogP contribution in [0.25, 0.3) is 0 Å². The highest BCUT2D eigenvalue weighted by Crippen LogP contribution is 2.39. The van der Waals surface area contributed by atoms with Crippen molar-refractivity contribution in [3.63, 3.8) is 0 Å². The summed E-state index contributed by atoms with van der Waals surface area (Å²) in [5.41, 5.74) is 1.02. The molecule has 1 aliphatic carbocycles. The molecule has 1 aliphatic heterocycles. The molecule has 1 aromatic carbocycles. The molecule has 6 heteroatoms. The number of rotatable bonds is 4. The van der Waals surface area contributed by atoms with Gasteiger partial charge in [-0.15, -0.1) is 5.10 Å².